The number of hydrogen-bond donors (Lipinski definition) is 1. The van der Waals surface area contributed by atoms with Crippen LogP contribution in [0.15, 0.2) is 60.7 Å². The van der Waals surface area contributed by atoms with Crippen molar-refractivity contribution >= 4 is 11.9 Å². The molecular weight excluding hydrogens is 376 g/mol. The molecule has 0 aliphatic carbocycles. The fourth-order valence-electron chi connectivity index (χ4n) is 3.21. The Balaban J connectivity index is 1.85. The zero-order chi connectivity index (χ0) is 20.8. The summed E-state index contributed by atoms with van der Waals surface area (Å²) in [7, 11) is 1.40. The number of esters is 2. The number of carbonyl (C=O) groups is 2. The monoisotopic (exact) mass is 400 g/mol. The zero-order valence-corrected chi connectivity index (χ0v) is 16.3. The lowest BCUT2D eigenvalue weighted by molar-refractivity contribution is -0.288. The van der Waals surface area contributed by atoms with Crippen molar-refractivity contribution in [3.05, 3.63) is 71.8 Å². The minimum atomic E-state index is -1.19. The van der Waals surface area contributed by atoms with Crippen molar-refractivity contribution in [2.45, 2.75) is 44.1 Å². The topological polar surface area (TPSA) is 91.3 Å². The number of ether oxygens (including phenoxy) is 4. The first-order chi connectivity index (χ1) is 14.0. The fourth-order valence-corrected chi connectivity index (χ4v) is 3.21. The highest BCUT2D eigenvalue weighted by Crippen LogP contribution is 2.29. The summed E-state index contributed by atoms with van der Waals surface area (Å²) < 4.78 is 22.2. The second-order valence-corrected chi connectivity index (χ2v) is 6.65. The van der Waals surface area contributed by atoms with Gasteiger partial charge in [-0.05, 0) is 30.7 Å². The normalized spacial score (nSPS) is 26.5. The van der Waals surface area contributed by atoms with Crippen LogP contribution in [0, 0.1) is 0 Å². The van der Waals surface area contributed by atoms with E-state index in [-0.39, 0.29) is 0 Å². The fraction of sp³-hybridized carbons (Fsp3) is 0.364. The van der Waals surface area contributed by atoms with Gasteiger partial charge in [-0.15, -0.1) is 0 Å². The van der Waals surface area contributed by atoms with E-state index in [1.165, 1.54) is 7.11 Å². The summed E-state index contributed by atoms with van der Waals surface area (Å²) in [5.74, 6) is -1.27. The van der Waals surface area contributed by atoms with E-state index >= 15 is 0 Å². The van der Waals surface area contributed by atoms with Crippen LogP contribution in [-0.2, 0) is 18.9 Å². The van der Waals surface area contributed by atoms with Gasteiger partial charge in [0.25, 0.3) is 0 Å². The molecule has 1 fully saturated rings. The standard InChI is InChI=1S/C22H24O7/c1-3-16-17(23)18(28-20(24)14-10-6-4-7-11-14)19(22(26-2)27-16)29-21(25)15-12-8-5-9-13-15/h4-13,16-19,22-23H,3H2,1-2H3/t16-,17+,18+,19-,22+/m1/s1. The van der Waals surface area contributed by atoms with Gasteiger partial charge in [-0.3, -0.25) is 0 Å². The first-order valence-electron chi connectivity index (χ1n) is 9.43. The summed E-state index contributed by atoms with van der Waals surface area (Å²) in [6, 6.07) is 16.8. The van der Waals surface area contributed by atoms with Gasteiger partial charge in [0.05, 0.1) is 17.2 Å². The van der Waals surface area contributed by atoms with Gasteiger partial charge in [-0.25, -0.2) is 9.59 Å². The number of hydrogen-bond acceptors (Lipinski definition) is 7. The molecule has 7 heteroatoms. The van der Waals surface area contributed by atoms with Crippen LogP contribution in [-0.4, -0.2) is 54.9 Å². The van der Waals surface area contributed by atoms with Gasteiger partial charge in [0.2, 0.25) is 0 Å². The second kappa shape index (κ2) is 9.65. The maximum atomic E-state index is 12.6. The molecule has 1 aliphatic rings. The van der Waals surface area contributed by atoms with Crippen LogP contribution in [0.4, 0.5) is 0 Å². The average Bonchev–Trinajstić information content (AvgIpc) is 2.77. The number of methoxy groups -OCH3 is 1. The van der Waals surface area contributed by atoms with E-state index < -0.39 is 42.6 Å². The highest BCUT2D eigenvalue weighted by molar-refractivity contribution is 5.90. The molecule has 7 nitrogen and oxygen atoms in total. The molecule has 0 saturated carbocycles. The first kappa shape index (κ1) is 21.0. The van der Waals surface area contributed by atoms with Gasteiger partial charge in [0, 0.05) is 7.11 Å². The van der Waals surface area contributed by atoms with Gasteiger partial charge in [-0.1, -0.05) is 43.3 Å². The predicted molar refractivity (Wildman–Crippen MR) is 103 cm³/mol. The molecule has 1 N–H and O–H groups in total. The number of rotatable bonds is 6. The smallest absolute Gasteiger partial charge is 0.338 e. The van der Waals surface area contributed by atoms with Crippen molar-refractivity contribution in [3.63, 3.8) is 0 Å². The minimum absolute atomic E-state index is 0.321. The lowest BCUT2D eigenvalue weighted by atomic mass is 9.96. The SMILES string of the molecule is CC[C@H]1O[C@H](OC)[C@H](OC(=O)c2ccccc2)[C@@H](OC(=O)c2ccccc2)[C@H]1O. The van der Waals surface area contributed by atoms with Crippen molar-refractivity contribution in [3.8, 4) is 0 Å². The van der Waals surface area contributed by atoms with Gasteiger partial charge in [0.1, 0.15) is 6.10 Å². The van der Waals surface area contributed by atoms with Crippen LogP contribution in [0.3, 0.4) is 0 Å². The molecule has 2 aromatic carbocycles. The highest BCUT2D eigenvalue weighted by Gasteiger charge is 2.49. The Hall–Kier alpha value is -2.74. The molecule has 0 unspecified atom stereocenters. The Labute approximate surface area is 169 Å². The molecule has 5 atom stereocenters. The number of carbonyl (C=O) groups excluding carboxylic acids is 2. The third-order valence-corrected chi connectivity index (χ3v) is 4.76. The molecule has 1 saturated heterocycles. The Bertz CT molecular complexity index is 808. The number of aliphatic hydroxyl groups is 1. The summed E-state index contributed by atoms with van der Waals surface area (Å²) in [6.07, 6.45) is -4.66. The maximum absolute atomic E-state index is 12.6. The molecule has 0 bridgehead atoms. The number of benzene rings is 2. The lowest BCUT2D eigenvalue weighted by Gasteiger charge is -2.42. The number of aliphatic hydroxyl groups excluding tert-OH is 1. The van der Waals surface area contributed by atoms with E-state index in [4.69, 9.17) is 18.9 Å². The summed E-state index contributed by atoms with van der Waals surface area (Å²) in [5, 5.41) is 10.7. The Morgan fingerprint density at radius 1 is 0.897 bits per heavy atom. The second-order valence-electron chi connectivity index (χ2n) is 6.65. The third-order valence-electron chi connectivity index (χ3n) is 4.76. The lowest BCUT2D eigenvalue weighted by Crippen LogP contribution is -2.60. The van der Waals surface area contributed by atoms with Crippen LogP contribution < -0.4 is 0 Å². The summed E-state index contributed by atoms with van der Waals surface area (Å²) >= 11 is 0. The van der Waals surface area contributed by atoms with E-state index in [0.29, 0.717) is 17.5 Å². The largest absolute Gasteiger partial charge is 0.452 e. The molecular formula is C22H24O7. The molecule has 29 heavy (non-hydrogen) atoms. The van der Waals surface area contributed by atoms with E-state index in [1.54, 1.807) is 60.7 Å². The Kier molecular flexibility index (Phi) is 6.98. The molecule has 1 heterocycles. The van der Waals surface area contributed by atoms with Crippen molar-refractivity contribution in [1.82, 2.24) is 0 Å². The van der Waals surface area contributed by atoms with Gasteiger partial charge >= 0.3 is 11.9 Å². The first-order valence-corrected chi connectivity index (χ1v) is 9.43. The maximum Gasteiger partial charge on any atom is 0.338 e. The van der Waals surface area contributed by atoms with Crippen LogP contribution in [0.25, 0.3) is 0 Å². The van der Waals surface area contributed by atoms with Crippen LogP contribution in [0.5, 0.6) is 0 Å². The summed E-state index contributed by atoms with van der Waals surface area (Å²) in [5.41, 5.74) is 0.643. The van der Waals surface area contributed by atoms with E-state index in [1.807, 2.05) is 6.92 Å². The van der Waals surface area contributed by atoms with Crippen LogP contribution >= 0.6 is 0 Å². The highest BCUT2D eigenvalue weighted by atomic mass is 16.7. The molecule has 0 amide bonds. The average molecular weight is 400 g/mol. The van der Waals surface area contributed by atoms with Gasteiger partial charge < -0.3 is 24.1 Å². The molecule has 1 aliphatic heterocycles. The van der Waals surface area contributed by atoms with Crippen LogP contribution in [0.2, 0.25) is 0 Å². The zero-order valence-electron chi connectivity index (χ0n) is 16.3. The molecule has 2 aromatic rings. The van der Waals surface area contributed by atoms with Crippen molar-refractivity contribution in [1.29, 1.82) is 0 Å². The summed E-state index contributed by atoms with van der Waals surface area (Å²) in [6.45, 7) is 1.83. The molecule has 154 valence electrons. The molecule has 3 rings (SSSR count). The van der Waals surface area contributed by atoms with Gasteiger partial charge in [0.15, 0.2) is 18.5 Å². The Morgan fingerprint density at radius 2 is 1.38 bits per heavy atom. The van der Waals surface area contributed by atoms with Crippen molar-refractivity contribution < 1.29 is 33.6 Å². The van der Waals surface area contributed by atoms with Crippen LogP contribution in [0.1, 0.15) is 34.1 Å². The van der Waals surface area contributed by atoms with E-state index in [2.05, 4.69) is 0 Å². The Morgan fingerprint density at radius 3 is 1.83 bits per heavy atom. The molecule has 0 radical (unpaired) electrons. The minimum Gasteiger partial charge on any atom is -0.452 e. The predicted octanol–water partition coefficient (Wildman–Crippen LogP) is 2.58. The van der Waals surface area contributed by atoms with E-state index in [9.17, 15) is 14.7 Å². The quantitative estimate of drug-likeness (QED) is 0.745. The van der Waals surface area contributed by atoms with Gasteiger partial charge in [-0.2, -0.15) is 0 Å². The van der Waals surface area contributed by atoms with E-state index in [0.717, 1.165) is 0 Å². The molecule has 0 aromatic heterocycles. The summed E-state index contributed by atoms with van der Waals surface area (Å²) in [4.78, 5) is 25.2. The molecule has 0 spiro atoms. The third kappa shape index (κ3) is 4.82. The van der Waals surface area contributed by atoms with Crippen molar-refractivity contribution in [2.75, 3.05) is 7.11 Å². The van der Waals surface area contributed by atoms with Crippen molar-refractivity contribution in [2.24, 2.45) is 0 Å².